The highest BCUT2D eigenvalue weighted by Gasteiger charge is 2.48. The molecule has 1 atom stereocenters. The van der Waals surface area contributed by atoms with E-state index in [0.29, 0.717) is 18.8 Å². The largest absolute Gasteiger partial charge is 0.351 e. The fourth-order valence-corrected chi connectivity index (χ4v) is 6.43. The molecule has 5 rings (SSSR count). The summed E-state index contributed by atoms with van der Waals surface area (Å²) in [5.41, 5.74) is 2.04. The Labute approximate surface area is 199 Å². The Morgan fingerprint density at radius 2 is 1.91 bits per heavy atom. The molecule has 5 nitrogen and oxygen atoms in total. The van der Waals surface area contributed by atoms with Crippen molar-refractivity contribution in [3.8, 4) is 0 Å². The van der Waals surface area contributed by atoms with Crippen molar-refractivity contribution in [3.05, 3.63) is 58.6 Å². The van der Waals surface area contributed by atoms with Gasteiger partial charge < -0.3 is 14.8 Å². The molecule has 2 amide bonds. The fourth-order valence-electron chi connectivity index (χ4n) is 5.39. The Kier molecular flexibility index (Phi) is 6.04. The van der Waals surface area contributed by atoms with E-state index in [0.717, 1.165) is 48.7 Å². The number of amides is 2. The van der Waals surface area contributed by atoms with Crippen molar-refractivity contribution in [1.82, 2.24) is 14.8 Å². The molecule has 1 aromatic carbocycles. The summed E-state index contributed by atoms with van der Waals surface area (Å²) in [5, 5.41) is 3.32. The van der Waals surface area contributed by atoms with Gasteiger partial charge in [0, 0.05) is 17.5 Å². The molecule has 6 heteroatoms. The first kappa shape index (κ1) is 22.2. The molecule has 1 N–H and O–H groups in total. The summed E-state index contributed by atoms with van der Waals surface area (Å²) >= 11 is 1.75. The van der Waals surface area contributed by atoms with Crippen LogP contribution in [-0.4, -0.2) is 39.4 Å². The van der Waals surface area contributed by atoms with Crippen LogP contribution in [0.25, 0.3) is 10.2 Å². The third-order valence-electron chi connectivity index (χ3n) is 7.41. The highest BCUT2D eigenvalue weighted by atomic mass is 32.1. The van der Waals surface area contributed by atoms with Gasteiger partial charge in [0.1, 0.15) is 11.2 Å². The number of aryl methyl sites for hydroxylation is 1. The minimum Gasteiger partial charge on any atom is -0.351 e. The first-order valence-electron chi connectivity index (χ1n) is 12.3. The van der Waals surface area contributed by atoms with E-state index >= 15 is 0 Å². The predicted molar refractivity (Wildman–Crippen MR) is 134 cm³/mol. The summed E-state index contributed by atoms with van der Waals surface area (Å²) in [6.45, 7) is 5.12. The van der Waals surface area contributed by atoms with Gasteiger partial charge in [-0.25, -0.2) is 0 Å². The summed E-state index contributed by atoms with van der Waals surface area (Å²) in [6, 6.07) is 14.6. The van der Waals surface area contributed by atoms with Crippen LogP contribution in [-0.2, 0) is 24.2 Å². The van der Waals surface area contributed by atoms with E-state index < -0.39 is 5.54 Å². The second-order valence-electron chi connectivity index (χ2n) is 9.71. The van der Waals surface area contributed by atoms with Crippen LogP contribution in [0.5, 0.6) is 0 Å². The van der Waals surface area contributed by atoms with Crippen LogP contribution in [0, 0.1) is 0 Å². The van der Waals surface area contributed by atoms with Crippen molar-refractivity contribution in [2.45, 2.75) is 76.9 Å². The number of benzene rings is 1. The number of fused-ring (bicyclic) bond motifs is 3. The summed E-state index contributed by atoms with van der Waals surface area (Å²) in [4.78, 5) is 30.7. The van der Waals surface area contributed by atoms with Crippen LogP contribution < -0.4 is 5.32 Å². The summed E-state index contributed by atoms with van der Waals surface area (Å²) < 4.78 is 3.22. The average Bonchev–Trinajstić information content (AvgIpc) is 3.39. The van der Waals surface area contributed by atoms with E-state index in [1.165, 1.54) is 16.9 Å². The molecule has 1 unspecified atom stereocenters. The zero-order valence-electron chi connectivity index (χ0n) is 19.6. The van der Waals surface area contributed by atoms with Crippen molar-refractivity contribution >= 4 is 33.4 Å². The zero-order valence-corrected chi connectivity index (χ0v) is 20.4. The highest BCUT2D eigenvalue weighted by Crippen LogP contribution is 2.36. The standard InChI is InChI=1S/C27H33N3O2S/c1-3-21-16-22-24(33-21)17-23-25(31)30(15-14-19-10-6-4-7-11-19)27(2,18-29(22)23)26(32)28-20-12-8-5-9-13-20/h4,6-7,10-11,16-17,20H,3,5,8-9,12-15,18H2,1-2H3,(H,28,32). The molecule has 0 bridgehead atoms. The van der Waals surface area contributed by atoms with Gasteiger partial charge in [-0.05, 0) is 50.3 Å². The summed E-state index contributed by atoms with van der Waals surface area (Å²) in [5.74, 6) is -0.0609. The van der Waals surface area contributed by atoms with Gasteiger partial charge >= 0.3 is 0 Å². The van der Waals surface area contributed by atoms with E-state index in [-0.39, 0.29) is 17.9 Å². The molecule has 1 aliphatic heterocycles. The maximum atomic E-state index is 13.8. The Morgan fingerprint density at radius 1 is 1.15 bits per heavy atom. The topological polar surface area (TPSA) is 54.3 Å². The number of carbonyl (C=O) groups is 2. The van der Waals surface area contributed by atoms with Gasteiger partial charge in [-0.15, -0.1) is 11.3 Å². The third-order valence-corrected chi connectivity index (χ3v) is 8.63. The van der Waals surface area contributed by atoms with Gasteiger partial charge in [0.05, 0.1) is 16.8 Å². The molecular formula is C27H33N3O2S. The van der Waals surface area contributed by atoms with E-state index in [2.05, 4.69) is 35.0 Å². The molecule has 1 fully saturated rings. The lowest BCUT2D eigenvalue weighted by molar-refractivity contribution is -0.133. The van der Waals surface area contributed by atoms with E-state index in [1.807, 2.05) is 36.1 Å². The quantitative estimate of drug-likeness (QED) is 0.548. The van der Waals surface area contributed by atoms with Gasteiger partial charge in [-0.3, -0.25) is 9.59 Å². The predicted octanol–water partition coefficient (Wildman–Crippen LogP) is 5.17. The number of nitrogens with zero attached hydrogens (tertiary/aromatic N) is 2. The molecular weight excluding hydrogens is 430 g/mol. The monoisotopic (exact) mass is 463 g/mol. The van der Waals surface area contributed by atoms with Gasteiger partial charge in [-0.2, -0.15) is 0 Å². The normalized spacial score (nSPS) is 21.4. The molecule has 174 valence electrons. The number of nitrogens with one attached hydrogen (secondary N) is 1. The minimum absolute atomic E-state index is 0.0192. The van der Waals surface area contributed by atoms with Crippen molar-refractivity contribution < 1.29 is 9.59 Å². The molecule has 3 heterocycles. The van der Waals surface area contributed by atoms with Crippen LogP contribution in [0.1, 0.15) is 66.9 Å². The van der Waals surface area contributed by atoms with Gasteiger partial charge in [0.15, 0.2) is 0 Å². The molecule has 33 heavy (non-hydrogen) atoms. The van der Waals surface area contributed by atoms with Gasteiger partial charge in [-0.1, -0.05) is 56.5 Å². The zero-order chi connectivity index (χ0) is 23.0. The number of rotatable bonds is 6. The number of hydrogen-bond acceptors (Lipinski definition) is 3. The maximum Gasteiger partial charge on any atom is 0.271 e. The molecule has 0 saturated heterocycles. The fraction of sp³-hybridized carbons (Fsp3) is 0.481. The smallest absolute Gasteiger partial charge is 0.271 e. The van der Waals surface area contributed by atoms with Crippen molar-refractivity contribution in [2.24, 2.45) is 0 Å². The minimum atomic E-state index is -0.920. The molecule has 0 radical (unpaired) electrons. The first-order chi connectivity index (χ1) is 16.0. The van der Waals surface area contributed by atoms with E-state index in [4.69, 9.17) is 0 Å². The van der Waals surface area contributed by atoms with Crippen LogP contribution in [0.2, 0.25) is 0 Å². The lowest BCUT2D eigenvalue weighted by Crippen LogP contribution is -2.65. The van der Waals surface area contributed by atoms with Crippen LogP contribution >= 0.6 is 11.3 Å². The Morgan fingerprint density at radius 3 is 2.64 bits per heavy atom. The number of aromatic nitrogens is 1. The van der Waals surface area contributed by atoms with Gasteiger partial charge in [0.25, 0.3) is 5.91 Å². The summed E-state index contributed by atoms with van der Waals surface area (Å²) in [7, 11) is 0. The van der Waals surface area contributed by atoms with E-state index in [1.54, 1.807) is 11.3 Å². The highest BCUT2D eigenvalue weighted by molar-refractivity contribution is 7.19. The Bertz CT molecular complexity index is 1160. The lowest BCUT2D eigenvalue weighted by atomic mass is 9.91. The average molecular weight is 464 g/mol. The molecule has 1 aliphatic carbocycles. The van der Waals surface area contributed by atoms with Crippen molar-refractivity contribution in [2.75, 3.05) is 6.54 Å². The second-order valence-corrected chi connectivity index (χ2v) is 10.9. The van der Waals surface area contributed by atoms with Crippen LogP contribution in [0.3, 0.4) is 0 Å². The molecule has 2 aromatic heterocycles. The second kappa shape index (κ2) is 8.98. The maximum absolute atomic E-state index is 13.8. The first-order valence-corrected chi connectivity index (χ1v) is 13.1. The Balaban J connectivity index is 1.49. The SMILES string of the molecule is CCc1cc2c(cc3n2CC(C)(C(=O)NC2CCCCC2)N(CCc2ccccc2)C3=O)s1. The van der Waals surface area contributed by atoms with E-state index in [9.17, 15) is 9.59 Å². The van der Waals surface area contributed by atoms with Gasteiger partial charge in [0.2, 0.25) is 5.91 Å². The van der Waals surface area contributed by atoms with Crippen molar-refractivity contribution in [1.29, 1.82) is 0 Å². The summed E-state index contributed by atoms with van der Waals surface area (Å²) in [6.07, 6.45) is 7.34. The number of thiophene rings is 1. The third kappa shape index (κ3) is 4.10. The van der Waals surface area contributed by atoms with Crippen molar-refractivity contribution in [3.63, 3.8) is 0 Å². The van der Waals surface area contributed by atoms with Crippen LogP contribution in [0.15, 0.2) is 42.5 Å². The lowest BCUT2D eigenvalue weighted by Gasteiger charge is -2.45. The molecule has 3 aromatic rings. The van der Waals surface area contributed by atoms with Crippen LogP contribution in [0.4, 0.5) is 0 Å². The molecule has 1 saturated carbocycles. The molecule has 0 spiro atoms. The Hall–Kier alpha value is -2.60. The number of hydrogen-bond donors (Lipinski definition) is 1. The molecule has 2 aliphatic rings. The number of carbonyl (C=O) groups excluding carboxylic acids is 2.